The first-order valence-electron chi connectivity index (χ1n) is 8.36. The zero-order valence-corrected chi connectivity index (χ0v) is 13.8. The van der Waals surface area contributed by atoms with Gasteiger partial charge in [-0.15, -0.1) is 0 Å². The molecule has 0 heterocycles. The fourth-order valence-corrected chi connectivity index (χ4v) is 2.94. The van der Waals surface area contributed by atoms with Crippen molar-refractivity contribution in [2.75, 3.05) is 19.6 Å². The lowest BCUT2D eigenvalue weighted by molar-refractivity contribution is 0.209. The molecule has 1 unspecified atom stereocenters. The number of rotatable bonds is 9. The second-order valence-electron chi connectivity index (χ2n) is 5.68. The van der Waals surface area contributed by atoms with Crippen LogP contribution in [0.3, 0.4) is 0 Å². The number of nitrogens with zero attached hydrogens (tertiary/aromatic N) is 1. The van der Waals surface area contributed by atoms with Crippen LogP contribution in [0.2, 0.25) is 0 Å². The van der Waals surface area contributed by atoms with Crippen LogP contribution in [0.25, 0.3) is 0 Å². The molecule has 0 aliphatic carbocycles. The highest BCUT2D eigenvalue weighted by atomic mass is 15.2. The molecular formula is C20H28N2. The molecule has 2 aromatic rings. The van der Waals surface area contributed by atoms with Crippen LogP contribution in [-0.4, -0.2) is 30.6 Å². The molecule has 2 nitrogen and oxygen atoms in total. The minimum absolute atomic E-state index is 0.543. The molecule has 0 aliphatic heterocycles. The first-order chi connectivity index (χ1) is 10.8. The number of hydrogen-bond donors (Lipinski definition) is 1. The van der Waals surface area contributed by atoms with E-state index in [0.717, 1.165) is 32.6 Å². The Morgan fingerprint density at radius 1 is 0.818 bits per heavy atom. The van der Waals surface area contributed by atoms with E-state index in [1.807, 2.05) is 0 Å². The summed E-state index contributed by atoms with van der Waals surface area (Å²) >= 11 is 0. The third-order valence-electron chi connectivity index (χ3n) is 4.19. The van der Waals surface area contributed by atoms with E-state index in [0.29, 0.717) is 6.04 Å². The highest BCUT2D eigenvalue weighted by Crippen LogP contribution is 2.09. The largest absolute Gasteiger partial charge is 0.311 e. The minimum atomic E-state index is 0.543. The Kier molecular flexibility index (Phi) is 7.14. The van der Waals surface area contributed by atoms with Crippen LogP contribution in [0.15, 0.2) is 60.7 Å². The topological polar surface area (TPSA) is 15.3 Å². The van der Waals surface area contributed by atoms with Crippen molar-refractivity contribution in [2.24, 2.45) is 0 Å². The quantitative estimate of drug-likeness (QED) is 0.758. The van der Waals surface area contributed by atoms with Gasteiger partial charge in [-0.05, 0) is 30.6 Å². The van der Waals surface area contributed by atoms with E-state index in [2.05, 4.69) is 84.7 Å². The van der Waals surface area contributed by atoms with E-state index in [4.69, 9.17) is 0 Å². The third kappa shape index (κ3) is 5.28. The SMILES string of the molecule is CCN(CC)C(CNCc1ccccc1)Cc1ccccc1. The molecule has 0 bridgehead atoms. The fraction of sp³-hybridized carbons (Fsp3) is 0.400. The van der Waals surface area contributed by atoms with E-state index in [9.17, 15) is 0 Å². The molecule has 0 fully saturated rings. The second kappa shape index (κ2) is 9.39. The molecule has 1 N–H and O–H groups in total. The van der Waals surface area contributed by atoms with E-state index < -0.39 is 0 Å². The standard InChI is InChI=1S/C20H28N2/c1-3-22(4-2)20(15-18-11-7-5-8-12-18)17-21-16-19-13-9-6-10-14-19/h5-14,20-21H,3-4,15-17H2,1-2H3. The van der Waals surface area contributed by atoms with Gasteiger partial charge in [-0.3, -0.25) is 4.90 Å². The lowest BCUT2D eigenvalue weighted by atomic mass is 10.0. The summed E-state index contributed by atoms with van der Waals surface area (Å²) < 4.78 is 0. The van der Waals surface area contributed by atoms with Gasteiger partial charge in [0.1, 0.15) is 0 Å². The molecule has 0 saturated carbocycles. The summed E-state index contributed by atoms with van der Waals surface area (Å²) in [6.07, 6.45) is 1.10. The maximum atomic E-state index is 3.63. The molecule has 2 aromatic carbocycles. The Balaban J connectivity index is 1.92. The van der Waals surface area contributed by atoms with Crippen LogP contribution in [0.1, 0.15) is 25.0 Å². The minimum Gasteiger partial charge on any atom is -0.311 e. The fourth-order valence-electron chi connectivity index (χ4n) is 2.94. The Morgan fingerprint density at radius 3 is 1.91 bits per heavy atom. The van der Waals surface area contributed by atoms with Crippen molar-refractivity contribution in [1.82, 2.24) is 10.2 Å². The van der Waals surface area contributed by atoms with Crippen molar-refractivity contribution in [2.45, 2.75) is 32.9 Å². The van der Waals surface area contributed by atoms with Gasteiger partial charge in [0.25, 0.3) is 0 Å². The smallest absolute Gasteiger partial charge is 0.0260 e. The Hall–Kier alpha value is -1.64. The van der Waals surface area contributed by atoms with Gasteiger partial charge >= 0.3 is 0 Å². The number of hydrogen-bond acceptors (Lipinski definition) is 2. The van der Waals surface area contributed by atoms with Gasteiger partial charge in [0.15, 0.2) is 0 Å². The van der Waals surface area contributed by atoms with Crippen LogP contribution < -0.4 is 5.32 Å². The predicted molar refractivity (Wildman–Crippen MR) is 95.0 cm³/mol. The summed E-state index contributed by atoms with van der Waals surface area (Å²) in [7, 11) is 0. The normalized spacial score (nSPS) is 12.5. The molecule has 0 spiro atoms. The number of likely N-dealkylation sites (N-methyl/N-ethyl adjacent to an activating group) is 1. The Bertz CT molecular complexity index is 506. The van der Waals surface area contributed by atoms with Gasteiger partial charge in [0.05, 0.1) is 0 Å². The maximum absolute atomic E-state index is 3.63. The first kappa shape index (κ1) is 16.7. The highest BCUT2D eigenvalue weighted by molar-refractivity contribution is 5.16. The summed E-state index contributed by atoms with van der Waals surface area (Å²) in [6, 6.07) is 22.0. The number of nitrogens with one attached hydrogen (secondary N) is 1. The van der Waals surface area contributed by atoms with E-state index in [1.165, 1.54) is 11.1 Å². The zero-order chi connectivity index (χ0) is 15.6. The molecule has 0 amide bonds. The van der Waals surface area contributed by atoms with E-state index >= 15 is 0 Å². The molecule has 22 heavy (non-hydrogen) atoms. The summed E-state index contributed by atoms with van der Waals surface area (Å²) in [5.74, 6) is 0. The summed E-state index contributed by atoms with van der Waals surface area (Å²) in [6.45, 7) is 8.65. The maximum Gasteiger partial charge on any atom is 0.0260 e. The van der Waals surface area contributed by atoms with Crippen LogP contribution in [0.4, 0.5) is 0 Å². The number of benzene rings is 2. The molecular weight excluding hydrogens is 268 g/mol. The van der Waals surface area contributed by atoms with Crippen LogP contribution in [-0.2, 0) is 13.0 Å². The van der Waals surface area contributed by atoms with Gasteiger partial charge < -0.3 is 5.32 Å². The molecule has 0 saturated heterocycles. The first-order valence-corrected chi connectivity index (χ1v) is 8.36. The van der Waals surface area contributed by atoms with Crippen molar-refractivity contribution < 1.29 is 0 Å². The predicted octanol–water partition coefficient (Wildman–Crippen LogP) is 3.73. The van der Waals surface area contributed by atoms with Crippen LogP contribution in [0, 0.1) is 0 Å². The summed E-state index contributed by atoms with van der Waals surface area (Å²) in [5.41, 5.74) is 2.77. The molecule has 1 atom stereocenters. The van der Waals surface area contributed by atoms with Gasteiger partial charge in [-0.2, -0.15) is 0 Å². The van der Waals surface area contributed by atoms with Gasteiger partial charge in [0, 0.05) is 19.1 Å². The van der Waals surface area contributed by atoms with Crippen LogP contribution >= 0.6 is 0 Å². The summed E-state index contributed by atoms with van der Waals surface area (Å²) in [5, 5.41) is 3.63. The highest BCUT2D eigenvalue weighted by Gasteiger charge is 2.15. The van der Waals surface area contributed by atoms with Crippen molar-refractivity contribution in [3.05, 3.63) is 71.8 Å². The lowest BCUT2D eigenvalue weighted by Gasteiger charge is -2.30. The molecule has 0 aromatic heterocycles. The monoisotopic (exact) mass is 296 g/mol. The molecule has 0 aliphatic rings. The van der Waals surface area contributed by atoms with Crippen molar-refractivity contribution in [3.8, 4) is 0 Å². The Labute approximate surface area is 135 Å². The van der Waals surface area contributed by atoms with E-state index in [-0.39, 0.29) is 0 Å². The van der Waals surface area contributed by atoms with Crippen LogP contribution in [0.5, 0.6) is 0 Å². The second-order valence-corrected chi connectivity index (χ2v) is 5.68. The van der Waals surface area contributed by atoms with Gasteiger partial charge in [-0.25, -0.2) is 0 Å². The van der Waals surface area contributed by atoms with Gasteiger partial charge in [-0.1, -0.05) is 74.5 Å². The molecule has 2 heteroatoms. The lowest BCUT2D eigenvalue weighted by Crippen LogP contribution is -2.43. The Morgan fingerprint density at radius 2 is 1.36 bits per heavy atom. The molecule has 0 radical (unpaired) electrons. The zero-order valence-electron chi connectivity index (χ0n) is 13.8. The van der Waals surface area contributed by atoms with Crippen molar-refractivity contribution >= 4 is 0 Å². The van der Waals surface area contributed by atoms with Gasteiger partial charge in [0.2, 0.25) is 0 Å². The molecule has 2 rings (SSSR count). The third-order valence-corrected chi connectivity index (χ3v) is 4.19. The summed E-state index contributed by atoms with van der Waals surface area (Å²) in [4.78, 5) is 2.55. The van der Waals surface area contributed by atoms with Crippen molar-refractivity contribution in [1.29, 1.82) is 0 Å². The average molecular weight is 296 g/mol. The average Bonchev–Trinajstić information content (AvgIpc) is 2.57. The molecule has 118 valence electrons. The van der Waals surface area contributed by atoms with Crippen molar-refractivity contribution in [3.63, 3.8) is 0 Å². The van der Waals surface area contributed by atoms with E-state index in [1.54, 1.807) is 0 Å².